The van der Waals surface area contributed by atoms with E-state index in [4.69, 9.17) is 33.2 Å². The first-order valence-corrected chi connectivity index (χ1v) is 6.73. The molecule has 0 atom stereocenters. The number of hydrogen-bond donors (Lipinski definition) is 1. The fourth-order valence-corrected chi connectivity index (χ4v) is 2.07. The number of hydrogen-bond acceptors (Lipinski definition) is 3. The number of anilines is 1. The summed E-state index contributed by atoms with van der Waals surface area (Å²) in [7, 11) is 0. The highest BCUT2D eigenvalue weighted by molar-refractivity contribution is 6.43. The molecular formula is C15H12Cl2N2O. The summed E-state index contributed by atoms with van der Waals surface area (Å²) in [5.74, 6) is 0.669. The van der Waals surface area contributed by atoms with Crippen LogP contribution in [0.15, 0.2) is 42.5 Å². The van der Waals surface area contributed by atoms with Crippen molar-refractivity contribution in [2.75, 3.05) is 11.9 Å². The molecule has 2 rings (SSSR count). The Labute approximate surface area is 127 Å². The normalized spacial score (nSPS) is 9.85. The average molecular weight is 307 g/mol. The van der Waals surface area contributed by atoms with Crippen molar-refractivity contribution in [3.05, 3.63) is 58.1 Å². The Morgan fingerprint density at radius 3 is 2.75 bits per heavy atom. The Bertz CT molecular complexity index is 638. The average Bonchev–Trinajstić information content (AvgIpc) is 2.47. The molecule has 0 aliphatic heterocycles. The maximum absolute atomic E-state index is 8.49. The summed E-state index contributed by atoms with van der Waals surface area (Å²) in [6, 6.07) is 14.9. The van der Waals surface area contributed by atoms with Crippen molar-refractivity contribution in [1.82, 2.24) is 0 Å². The molecule has 0 bridgehead atoms. The lowest BCUT2D eigenvalue weighted by Gasteiger charge is -2.10. The summed E-state index contributed by atoms with van der Waals surface area (Å²) >= 11 is 12.1. The standard InChI is InChI=1S/C15H12Cl2N2O/c16-13-5-2-6-14(15(13)17)19-10-11-3-1-4-12(9-11)20-8-7-18/h1-6,9,19H,8,10H2. The second-order valence-electron chi connectivity index (χ2n) is 4.05. The van der Waals surface area contributed by atoms with Gasteiger partial charge in [-0.25, -0.2) is 0 Å². The molecule has 2 aromatic carbocycles. The first-order chi connectivity index (χ1) is 9.70. The molecule has 20 heavy (non-hydrogen) atoms. The van der Waals surface area contributed by atoms with Crippen molar-refractivity contribution in [2.45, 2.75) is 6.54 Å². The van der Waals surface area contributed by atoms with Crippen molar-refractivity contribution in [1.29, 1.82) is 5.26 Å². The highest BCUT2D eigenvalue weighted by Crippen LogP contribution is 2.29. The van der Waals surface area contributed by atoms with Gasteiger partial charge in [-0.3, -0.25) is 0 Å². The lowest BCUT2D eigenvalue weighted by Crippen LogP contribution is -2.01. The van der Waals surface area contributed by atoms with Crippen LogP contribution in [0, 0.1) is 11.3 Å². The van der Waals surface area contributed by atoms with Gasteiger partial charge < -0.3 is 10.1 Å². The summed E-state index contributed by atoms with van der Waals surface area (Å²) < 4.78 is 5.25. The number of halogens is 2. The molecule has 0 heterocycles. The minimum Gasteiger partial charge on any atom is -0.479 e. The van der Waals surface area contributed by atoms with E-state index >= 15 is 0 Å². The second kappa shape index (κ2) is 7.04. The zero-order valence-electron chi connectivity index (χ0n) is 10.6. The van der Waals surface area contributed by atoms with Crippen molar-refractivity contribution < 1.29 is 4.74 Å². The highest BCUT2D eigenvalue weighted by Gasteiger charge is 2.04. The number of nitriles is 1. The Kier molecular flexibility index (Phi) is 5.11. The fourth-order valence-electron chi connectivity index (χ4n) is 1.70. The van der Waals surface area contributed by atoms with Gasteiger partial charge in [-0.2, -0.15) is 5.26 Å². The SMILES string of the molecule is N#CCOc1cccc(CNc2cccc(Cl)c2Cl)c1. The van der Waals surface area contributed by atoms with Gasteiger partial charge in [-0.1, -0.05) is 41.4 Å². The molecular weight excluding hydrogens is 295 g/mol. The largest absolute Gasteiger partial charge is 0.479 e. The van der Waals surface area contributed by atoms with E-state index in [1.54, 1.807) is 6.07 Å². The zero-order chi connectivity index (χ0) is 14.4. The molecule has 0 aliphatic carbocycles. The molecule has 5 heteroatoms. The maximum Gasteiger partial charge on any atom is 0.174 e. The topological polar surface area (TPSA) is 45.0 Å². The first kappa shape index (κ1) is 14.5. The Morgan fingerprint density at radius 1 is 1.15 bits per heavy atom. The molecule has 0 radical (unpaired) electrons. The molecule has 0 aromatic heterocycles. The summed E-state index contributed by atoms with van der Waals surface area (Å²) in [6.07, 6.45) is 0. The predicted octanol–water partition coefficient (Wildman–Crippen LogP) is 4.51. The second-order valence-corrected chi connectivity index (χ2v) is 4.83. The number of nitrogens with zero attached hydrogens (tertiary/aromatic N) is 1. The maximum atomic E-state index is 8.49. The van der Waals surface area contributed by atoms with Crippen LogP contribution in [-0.4, -0.2) is 6.61 Å². The van der Waals surface area contributed by atoms with Gasteiger partial charge in [0.2, 0.25) is 0 Å². The van der Waals surface area contributed by atoms with Crippen LogP contribution in [0.1, 0.15) is 5.56 Å². The quantitative estimate of drug-likeness (QED) is 0.884. The van der Waals surface area contributed by atoms with Gasteiger partial charge in [-0.15, -0.1) is 0 Å². The van der Waals surface area contributed by atoms with E-state index in [1.165, 1.54) is 0 Å². The number of nitrogens with one attached hydrogen (secondary N) is 1. The smallest absolute Gasteiger partial charge is 0.174 e. The lowest BCUT2D eigenvalue weighted by molar-refractivity contribution is 0.368. The lowest BCUT2D eigenvalue weighted by atomic mass is 10.2. The third kappa shape index (κ3) is 3.80. The monoisotopic (exact) mass is 306 g/mol. The van der Waals surface area contributed by atoms with Crippen LogP contribution in [0.2, 0.25) is 10.0 Å². The van der Waals surface area contributed by atoms with Gasteiger partial charge in [0, 0.05) is 6.54 Å². The van der Waals surface area contributed by atoms with Crippen LogP contribution in [0.3, 0.4) is 0 Å². The fraction of sp³-hybridized carbons (Fsp3) is 0.133. The number of rotatable bonds is 5. The number of ether oxygens (including phenoxy) is 1. The van der Waals surface area contributed by atoms with E-state index in [1.807, 2.05) is 42.5 Å². The summed E-state index contributed by atoms with van der Waals surface area (Å²) in [4.78, 5) is 0. The van der Waals surface area contributed by atoms with E-state index in [-0.39, 0.29) is 6.61 Å². The minimum absolute atomic E-state index is 0.0387. The van der Waals surface area contributed by atoms with Crippen LogP contribution < -0.4 is 10.1 Å². The third-order valence-electron chi connectivity index (χ3n) is 2.64. The summed E-state index contributed by atoms with van der Waals surface area (Å²) in [5.41, 5.74) is 1.80. The first-order valence-electron chi connectivity index (χ1n) is 5.97. The molecule has 0 fully saturated rings. The van der Waals surface area contributed by atoms with E-state index < -0.39 is 0 Å². The summed E-state index contributed by atoms with van der Waals surface area (Å²) in [5, 5.41) is 12.7. The zero-order valence-corrected chi connectivity index (χ0v) is 12.1. The van der Waals surface area contributed by atoms with Crippen LogP contribution in [0.25, 0.3) is 0 Å². The van der Waals surface area contributed by atoms with Gasteiger partial charge in [0.1, 0.15) is 11.8 Å². The van der Waals surface area contributed by atoms with Gasteiger partial charge in [0.25, 0.3) is 0 Å². The van der Waals surface area contributed by atoms with Gasteiger partial charge in [0.15, 0.2) is 6.61 Å². The molecule has 0 spiro atoms. The molecule has 0 unspecified atom stereocenters. The van der Waals surface area contributed by atoms with Crippen molar-refractivity contribution in [3.8, 4) is 11.8 Å². The van der Waals surface area contributed by atoms with Crippen molar-refractivity contribution >= 4 is 28.9 Å². The Balaban J connectivity index is 2.04. The third-order valence-corrected chi connectivity index (χ3v) is 3.46. The van der Waals surface area contributed by atoms with Gasteiger partial charge >= 0.3 is 0 Å². The Hall–Kier alpha value is -1.89. The molecule has 2 aromatic rings. The minimum atomic E-state index is 0.0387. The molecule has 0 saturated carbocycles. The number of benzene rings is 2. The van der Waals surface area contributed by atoms with E-state index in [9.17, 15) is 0 Å². The van der Waals surface area contributed by atoms with Crippen LogP contribution in [0.4, 0.5) is 5.69 Å². The van der Waals surface area contributed by atoms with E-state index in [0.717, 1.165) is 11.3 Å². The van der Waals surface area contributed by atoms with E-state index in [0.29, 0.717) is 22.3 Å². The van der Waals surface area contributed by atoms with Crippen LogP contribution >= 0.6 is 23.2 Å². The van der Waals surface area contributed by atoms with E-state index in [2.05, 4.69) is 5.32 Å². The van der Waals surface area contributed by atoms with Crippen LogP contribution in [0.5, 0.6) is 5.75 Å². The van der Waals surface area contributed by atoms with Crippen molar-refractivity contribution in [3.63, 3.8) is 0 Å². The summed E-state index contributed by atoms with van der Waals surface area (Å²) in [6.45, 7) is 0.626. The molecule has 102 valence electrons. The molecule has 0 aliphatic rings. The molecule has 3 nitrogen and oxygen atoms in total. The highest BCUT2D eigenvalue weighted by atomic mass is 35.5. The molecule has 1 N–H and O–H groups in total. The van der Waals surface area contributed by atoms with Crippen LogP contribution in [-0.2, 0) is 6.54 Å². The van der Waals surface area contributed by atoms with Gasteiger partial charge in [0.05, 0.1) is 15.7 Å². The Morgan fingerprint density at radius 2 is 1.95 bits per heavy atom. The predicted molar refractivity (Wildman–Crippen MR) is 81.3 cm³/mol. The molecule has 0 amide bonds. The molecule has 0 saturated heterocycles. The van der Waals surface area contributed by atoms with Crippen molar-refractivity contribution in [2.24, 2.45) is 0 Å². The van der Waals surface area contributed by atoms with Gasteiger partial charge in [-0.05, 0) is 29.8 Å².